The van der Waals surface area contributed by atoms with Crippen LogP contribution >= 0.6 is 0 Å². The third kappa shape index (κ3) is 2.68. The maximum absolute atomic E-state index is 12.8. The van der Waals surface area contributed by atoms with Gasteiger partial charge in [-0.2, -0.15) is 4.98 Å². The van der Waals surface area contributed by atoms with E-state index in [0.717, 1.165) is 40.5 Å². The molecule has 144 valence electrons. The van der Waals surface area contributed by atoms with Gasteiger partial charge in [0.1, 0.15) is 5.52 Å². The van der Waals surface area contributed by atoms with Gasteiger partial charge in [-0.05, 0) is 48.9 Å². The fourth-order valence-electron chi connectivity index (χ4n) is 3.94. The Morgan fingerprint density at radius 1 is 1.29 bits per heavy atom. The van der Waals surface area contributed by atoms with Crippen molar-refractivity contribution in [1.29, 1.82) is 0 Å². The summed E-state index contributed by atoms with van der Waals surface area (Å²) in [5, 5.41) is 4.48. The van der Waals surface area contributed by atoms with Gasteiger partial charge in [0.2, 0.25) is 5.95 Å². The third-order valence-electron chi connectivity index (χ3n) is 5.53. The molecule has 1 aliphatic rings. The first-order valence-electron chi connectivity index (χ1n) is 9.48. The summed E-state index contributed by atoms with van der Waals surface area (Å²) >= 11 is 0. The highest BCUT2D eigenvalue weighted by Gasteiger charge is 2.23. The number of aromatic amines is 1. The summed E-state index contributed by atoms with van der Waals surface area (Å²) in [7, 11) is 1.76. The summed E-state index contributed by atoms with van der Waals surface area (Å²) in [6, 6.07) is 6.32. The van der Waals surface area contributed by atoms with Crippen LogP contribution in [0.2, 0.25) is 0 Å². The number of H-pyrrole nitrogens is 1. The van der Waals surface area contributed by atoms with Crippen molar-refractivity contribution < 1.29 is 4.74 Å². The molecule has 0 aliphatic carbocycles. The van der Waals surface area contributed by atoms with E-state index in [1.54, 1.807) is 22.4 Å². The molecule has 1 aliphatic heterocycles. The van der Waals surface area contributed by atoms with Crippen LogP contribution < -0.4 is 11.0 Å². The molecular weight excluding hydrogens is 356 g/mol. The Hall–Kier alpha value is -3.13. The molecule has 1 aromatic carbocycles. The lowest BCUT2D eigenvalue weighted by Gasteiger charge is -2.22. The van der Waals surface area contributed by atoms with Crippen LogP contribution in [0.4, 0.5) is 11.6 Å². The highest BCUT2D eigenvalue weighted by atomic mass is 16.5. The minimum atomic E-state index is -0.0580. The quantitative estimate of drug-likeness (QED) is 0.572. The fourth-order valence-corrected chi connectivity index (χ4v) is 3.94. The molecule has 0 spiro atoms. The van der Waals surface area contributed by atoms with E-state index in [9.17, 15) is 4.79 Å². The summed E-state index contributed by atoms with van der Waals surface area (Å²) in [6.45, 7) is 3.38. The number of nitrogens with zero attached hydrogens (tertiary/aromatic N) is 4. The number of aromatic nitrogens is 5. The van der Waals surface area contributed by atoms with Crippen molar-refractivity contribution in [2.24, 2.45) is 7.05 Å². The third-order valence-corrected chi connectivity index (χ3v) is 5.53. The second kappa shape index (κ2) is 6.49. The Morgan fingerprint density at radius 2 is 2.11 bits per heavy atom. The van der Waals surface area contributed by atoms with Crippen molar-refractivity contribution in [3.8, 4) is 0 Å². The van der Waals surface area contributed by atoms with Crippen molar-refractivity contribution in [1.82, 2.24) is 24.1 Å². The fraction of sp³-hybridized carbons (Fsp3) is 0.350. The molecule has 1 saturated heterocycles. The largest absolute Gasteiger partial charge is 0.381 e. The van der Waals surface area contributed by atoms with Gasteiger partial charge in [-0.3, -0.25) is 9.13 Å². The normalized spacial score (nSPS) is 15.5. The Bertz CT molecular complexity index is 1230. The van der Waals surface area contributed by atoms with Gasteiger partial charge < -0.3 is 15.0 Å². The van der Waals surface area contributed by atoms with E-state index in [1.165, 1.54) is 0 Å². The number of fused-ring (bicyclic) bond motifs is 2. The molecule has 4 heterocycles. The van der Waals surface area contributed by atoms with Crippen molar-refractivity contribution in [2.75, 3.05) is 18.5 Å². The summed E-state index contributed by atoms with van der Waals surface area (Å²) in [5.74, 6) is 0.480. The molecule has 28 heavy (non-hydrogen) atoms. The number of imidazole rings is 1. The second-order valence-electron chi connectivity index (χ2n) is 7.31. The minimum absolute atomic E-state index is 0.0580. The monoisotopic (exact) mass is 378 g/mol. The van der Waals surface area contributed by atoms with Gasteiger partial charge >= 0.3 is 5.69 Å². The van der Waals surface area contributed by atoms with E-state index in [-0.39, 0.29) is 11.7 Å². The average Bonchev–Trinajstić information content (AvgIpc) is 3.25. The van der Waals surface area contributed by atoms with Crippen molar-refractivity contribution in [3.05, 3.63) is 46.6 Å². The number of nitrogens with one attached hydrogen (secondary N) is 2. The van der Waals surface area contributed by atoms with E-state index < -0.39 is 0 Å². The van der Waals surface area contributed by atoms with E-state index in [2.05, 4.69) is 27.4 Å². The predicted molar refractivity (Wildman–Crippen MR) is 108 cm³/mol. The van der Waals surface area contributed by atoms with Gasteiger partial charge in [0.25, 0.3) is 0 Å². The Morgan fingerprint density at radius 3 is 2.93 bits per heavy atom. The van der Waals surface area contributed by atoms with E-state index in [4.69, 9.17) is 9.72 Å². The van der Waals surface area contributed by atoms with Crippen molar-refractivity contribution >= 4 is 33.7 Å². The van der Waals surface area contributed by atoms with Crippen LogP contribution in [0.5, 0.6) is 0 Å². The smallest absolute Gasteiger partial charge is 0.330 e. The molecule has 0 saturated carbocycles. The van der Waals surface area contributed by atoms with Gasteiger partial charge in [0.15, 0.2) is 5.65 Å². The van der Waals surface area contributed by atoms with E-state index >= 15 is 0 Å². The van der Waals surface area contributed by atoms with Crippen LogP contribution in [-0.4, -0.2) is 37.3 Å². The van der Waals surface area contributed by atoms with Gasteiger partial charge in [0, 0.05) is 43.7 Å². The maximum Gasteiger partial charge on any atom is 0.330 e. The van der Waals surface area contributed by atoms with Crippen molar-refractivity contribution in [3.63, 3.8) is 0 Å². The Labute approximate surface area is 161 Å². The molecule has 0 unspecified atom stereocenters. The topological polar surface area (TPSA) is 89.8 Å². The van der Waals surface area contributed by atoms with Gasteiger partial charge in [-0.1, -0.05) is 0 Å². The van der Waals surface area contributed by atoms with Crippen LogP contribution in [0.25, 0.3) is 22.1 Å². The lowest BCUT2D eigenvalue weighted by Crippen LogP contribution is -2.30. The first-order chi connectivity index (χ1) is 13.6. The number of hydrogen-bond acceptors (Lipinski definition) is 5. The molecule has 8 nitrogen and oxygen atoms in total. The molecule has 0 atom stereocenters. The molecule has 3 aromatic heterocycles. The summed E-state index contributed by atoms with van der Waals surface area (Å²) in [5.41, 5.74) is 4.43. The number of benzene rings is 1. The minimum Gasteiger partial charge on any atom is -0.381 e. The van der Waals surface area contributed by atoms with E-state index in [1.807, 2.05) is 19.2 Å². The van der Waals surface area contributed by atoms with Crippen LogP contribution in [-0.2, 0) is 11.8 Å². The number of rotatable bonds is 3. The Kier molecular flexibility index (Phi) is 3.94. The summed E-state index contributed by atoms with van der Waals surface area (Å²) in [6.07, 6.45) is 5.26. The zero-order chi connectivity index (χ0) is 19.3. The maximum atomic E-state index is 12.8. The SMILES string of the molecule is Cc1cc2cc[nH]c2cc1Nc1ncc2c(n1)n(C1CCOCC1)c(=O)n2C. The molecule has 0 amide bonds. The molecule has 0 radical (unpaired) electrons. The highest BCUT2D eigenvalue weighted by Crippen LogP contribution is 2.27. The second-order valence-corrected chi connectivity index (χ2v) is 7.31. The molecule has 2 N–H and O–H groups in total. The number of hydrogen-bond donors (Lipinski definition) is 2. The van der Waals surface area contributed by atoms with E-state index in [0.29, 0.717) is 24.8 Å². The van der Waals surface area contributed by atoms with Crippen LogP contribution in [0.1, 0.15) is 24.4 Å². The first-order valence-corrected chi connectivity index (χ1v) is 9.48. The predicted octanol–water partition coefficient (Wildman–Crippen LogP) is 3.01. The lowest BCUT2D eigenvalue weighted by atomic mass is 10.1. The molecule has 1 fully saturated rings. The lowest BCUT2D eigenvalue weighted by molar-refractivity contribution is 0.0695. The number of ether oxygens (including phenoxy) is 1. The summed E-state index contributed by atoms with van der Waals surface area (Å²) in [4.78, 5) is 25.2. The number of aryl methyl sites for hydroxylation is 2. The first kappa shape index (κ1) is 17.0. The molecule has 8 heteroatoms. The van der Waals surface area contributed by atoms with Gasteiger partial charge in [0.05, 0.1) is 6.20 Å². The molecule has 0 bridgehead atoms. The molecular formula is C20H22N6O2. The zero-order valence-electron chi connectivity index (χ0n) is 15.9. The average molecular weight is 378 g/mol. The zero-order valence-corrected chi connectivity index (χ0v) is 15.9. The number of anilines is 2. The molecule has 4 aromatic rings. The standard InChI is InChI=1S/C20H22N6O2/c1-12-9-13-3-6-21-16(13)10-15(12)23-19-22-11-17-18(24-19)26(20(27)25(17)2)14-4-7-28-8-5-14/h3,6,9-11,14,21H,4-5,7-8H2,1-2H3,(H,22,23,24). The Balaban J connectivity index is 1.58. The highest BCUT2D eigenvalue weighted by molar-refractivity contribution is 5.85. The van der Waals surface area contributed by atoms with Gasteiger partial charge in [-0.25, -0.2) is 9.78 Å². The van der Waals surface area contributed by atoms with Crippen LogP contribution in [0.15, 0.2) is 35.4 Å². The van der Waals surface area contributed by atoms with Crippen LogP contribution in [0, 0.1) is 6.92 Å². The summed E-state index contributed by atoms with van der Waals surface area (Å²) < 4.78 is 8.87. The molecule has 5 rings (SSSR count). The van der Waals surface area contributed by atoms with Crippen molar-refractivity contribution in [2.45, 2.75) is 25.8 Å². The van der Waals surface area contributed by atoms with Crippen LogP contribution in [0.3, 0.4) is 0 Å². The van der Waals surface area contributed by atoms with Gasteiger partial charge in [-0.15, -0.1) is 0 Å².